The highest BCUT2D eigenvalue weighted by Crippen LogP contribution is 2.33. The molecule has 0 radical (unpaired) electrons. The Morgan fingerprint density at radius 3 is 1.71 bits per heavy atom. The number of nitrogens with one attached hydrogen (secondary N) is 1. The maximum absolute atomic E-state index is 11.7. The number of methoxy groups -OCH3 is 3. The average molecular weight is 764 g/mol. The number of rotatable bonds is 21. The van der Waals surface area contributed by atoms with Crippen LogP contribution in [0.2, 0.25) is 0 Å². The summed E-state index contributed by atoms with van der Waals surface area (Å²) in [7, 11) is 4.10. The summed E-state index contributed by atoms with van der Waals surface area (Å²) in [6.45, 7) is 15.1. The van der Waals surface area contributed by atoms with Crippen LogP contribution in [0.3, 0.4) is 0 Å². The van der Waals surface area contributed by atoms with E-state index in [2.05, 4.69) is 5.32 Å². The van der Waals surface area contributed by atoms with Crippen LogP contribution in [0.4, 0.5) is 0 Å². The summed E-state index contributed by atoms with van der Waals surface area (Å²) in [5.74, 6) is -4.42. The molecule has 0 spiro atoms. The lowest BCUT2D eigenvalue weighted by Crippen LogP contribution is -2.47. The summed E-state index contributed by atoms with van der Waals surface area (Å²) in [5, 5.41) is 66.8. The van der Waals surface area contributed by atoms with Crippen molar-refractivity contribution < 1.29 is 78.5 Å². The van der Waals surface area contributed by atoms with Gasteiger partial charge in [-0.2, -0.15) is 0 Å². The minimum absolute atomic E-state index is 0.0797. The van der Waals surface area contributed by atoms with Crippen molar-refractivity contribution in [2.24, 2.45) is 0 Å². The Hall–Kier alpha value is -1.58. The quantitative estimate of drug-likeness (QED) is 0.0593. The zero-order chi connectivity index (χ0) is 41.2. The van der Waals surface area contributed by atoms with Crippen LogP contribution >= 0.6 is 0 Å². The van der Waals surface area contributed by atoms with Crippen molar-refractivity contribution in [3.8, 4) is 0 Å². The number of hydrogen-bond donors (Lipinski definition) is 8. The molecule has 314 valence electrons. The molecule has 52 heavy (non-hydrogen) atoms. The van der Waals surface area contributed by atoms with Gasteiger partial charge in [0.25, 0.3) is 0 Å². The molecule has 0 bridgehead atoms. The predicted octanol–water partition coefficient (Wildman–Crippen LogP) is 0.744. The Balaban J connectivity index is -0.000000726. The molecule has 0 aromatic heterocycles. The third kappa shape index (κ3) is 20.8. The first-order valence-electron chi connectivity index (χ1n) is 17.9. The molecule has 17 heteroatoms. The van der Waals surface area contributed by atoms with E-state index >= 15 is 0 Å². The van der Waals surface area contributed by atoms with Crippen molar-refractivity contribution in [2.75, 3.05) is 61.0 Å². The normalized spacial score (nSPS) is 22.2. The van der Waals surface area contributed by atoms with Crippen molar-refractivity contribution >= 4 is 11.9 Å². The molecule has 1 amide bonds. The molecule has 1 heterocycles. The summed E-state index contributed by atoms with van der Waals surface area (Å²) in [6, 6.07) is 0. The van der Waals surface area contributed by atoms with Crippen LogP contribution in [0.15, 0.2) is 0 Å². The van der Waals surface area contributed by atoms with Gasteiger partial charge in [0.05, 0.1) is 44.7 Å². The highest BCUT2D eigenvalue weighted by molar-refractivity contribution is 5.77. The van der Waals surface area contributed by atoms with Gasteiger partial charge in [0.2, 0.25) is 17.5 Å². The fourth-order valence-electron chi connectivity index (χ4n) is 4.27. The highest BCUT2D eigenvalue weighted by Gasteiger charge is 2.53. The van der Waals surface area contributed by atoms with Gasteiger partial charge in [0, 0.05) is 39.7 Å². The second-order valence-corrected chi connectivity index (χ2v) is 12.9. The SMILES string of the molecule is CC.CC[C@H](CO)OC(CO)(CO)OC.CC[C@H](COC(=O)CCCC(=O)NC(C)(C)C)O[C@@](C)(CO)OC.CC[C@H]1O[C@@](CO)(OC)[C@H](O)[C@@H]1O. The zero-order valence-electron chi connectivity index (χ0n) is 33.7. The van der Waals surface area contributed by atoms with Crippen LogP contribution in [0.25, 0.3) is 0 Å². The number of carbonyl (C=O) groups excluding carboxylic acids is 2. The summed E-state index contributed by atoms with van der Waals surface area (Å²) < 4.78 is 36.1. The van der Waals surface area contributed by atoms with Gasteiger partial charge in [-0.15, -0.1) is 0 Å². The number of ether oxygens (including phenoxy) is 7. The number of carbonyl (C=O) groups is 2. The number of aliphatic hydroxyl groups is 7. The molecular weight excluding hydrogens is 690 g/mol. The van der Waals surface area contributed by atoms with Crippen LogP contribution in [-0.4, -0.2) is 162 Å². The number of aliphatic hydroxyl groups excluding tert-OH is 7. The first-order valence-corrected chi connectivity index (χ1v) is 17.9. The zero-order valence-corrected chi connectivity index (χ0v) is 33.7. The Morgan fingerprint density at radius 1 is 0.827 bits per heavy atom. The molecule has 1 aliphatic rings. The van der Waals surface area contributed by atoms with Gasteiger partial charge in [-0.3, -0.25) is 9.59 Å². The Morgan fingerprint density at radius 2 is 1.38 bits per heavy atom. The first kappa shape index (κ1) is 54.8. The highest BCUT2D eigenvalue weighted by atomic mass is 16.7. The number of hydrogen-bond acceptors (Lipinski definition) is 16. The van der Waals surface area contributed by atoms with E-state index in [1.165, 1.54) is 21.3 Å². The Labute approximate surface area is 310 Å². The molecular formula is C35H73NO16. The lowest BCUT2D eigenvalue weighted by molar-refractivity contribution is -0.282. The van der Waals surface area contributed by atoms with E-state index in [1.807, 2.05) is 55.4 Å². The monoisotopic (exact) mass is 763 g/mol. The van der Waals surface area contributed by atoms with Gasteiger partial charge < -0.3 is 74.2 Å². The molecule has 7 atom stereocenters. The second kappa shape index (κ2) is 28.8. The van der Waals surface area contributed by atoms with Gasteiger partial charge in [0.15, 0.2) is 5.79 Å². The van der Waals surface area contributed by atoms with Crippen LogP contribution in [-0.2, 0) is 42.7 Å². The van der Waals surface area contributed by atoms with E-state index < -0.39 is 61.6 Å². The van der Waals surface area contributed by atoms with Crippen molar-refractivity contribution in [3.05, 3.63) is 0 Å². The molecule has 1 fully saturated rings. The van der Waals surface area contributed by atoms with Crippen LogP contribution in [0.5, 0.6) is 0 Å². The van der Waals surface area contributed by atoms with Crippen molar-refractivity contribution in [3.63, 3.8) is 0 Å². The van der Waals surface area contributed by atoms with Gasteiger partial charge in [-0.05, 0) is 53.4 Å². The maximum Gasteiger partial charge on any atom is 0.305 e. The second-order valence-electron chi connectivity index (χ2n) is 12.9. The van der Waals surface area contributed by atoms with E-state index in [1.54, 1.807) is 6.92 Å². The lowest BCUT2D eigenvalue weighted by atomic mass is 10.0. The smallest absolute Gasteiger partial charge is 0.305 e. The summed E-state index contributed by atoms with van der Waals surface area (Å²) in [4.78, 5) is 23.4. The summed E-state index contributed by atoms with van der Waals surface area (Å²) in [5.41, 5.74) is -0.274. The summed E-state index contributed by atoms with van der Waals surface area (Å²) in [6.07, 6.45) is -0.834. The summed E-state index contributed by atoms with van der Waals surface area (Å²) >= 11 is 0. The van der Waals surface area contributed by atoms with Crippen molar-refractivity contribution in [2.45, 2.75) is 154 Å². The van der Waals surface area contributed by atoms with Crippen LogP contribution in [0.1, 0.15) is 101 Å². The van der Waals surface area contributed by atoms with E-state index in [0.29, 0.717) is 25.7 Å². The first-order chi connectivity index (χ1) is 24.3. The van der Waals surface area contributed by atoms with Crippen LogP contribution < -0.4 is 5.32 Å². The van der Waals surface area contributed by atoms with Gasteiger partial charge in [0.1, 0.15) is 25.4 Å². The Bertz CT molecular complexity index is 878. The number of amides is 1. The Kier molecular flexibility index (Phi) is 30.3. The lowest BCUT2D eigenvalue weighted by Gasteiger charge is -2.31. The molecule has 17 nitrogen and oxygen atoms in total. The van der Waals surface area contributed by atoms with Gasteiger partial charge >= 0.3 is 5.97 Å². The third-order valence-corrected chi connectivity index (χ3v) is 7.69. The minimum atomic E-state index is -1.46. The largest absolute Gasteiger partial charge is 0.463 e. The van der Waals surface area contributed by atoms with E-state index in [4.69, 9.17) is 53.6 Å². The van der Waals surface area contributed by atoms with Crippen molar-refractivity contribution in [1.29, 1.82) is 0 Å². The molecule has 0 unspecified atom stereocenters. The molecule has 8 N–H and O–H groups in total. The molecule has 1 aliphatic heterocycles. The fourth-order valence-corrected chi connectivity index (χ4v) is 4.27. The third-order valence-electron chi connectivity index (χ3n) is 7.69. The fraction of sp³-hybridized carbons (Fsp3) is 0.943. The van der Waals surface area contributed by atoms with Gasteiger partial charge in [-0.1, -0.05) is 34.6 Å². The number of esters is 1. The standard InChI is InChI=1S/C17H33NO6.C8H16O5.C8H18O5.C2H6/c1-7-13(24-17(5,12-19)22-6)11-23-15(21)10-8-9-14(20)18-16(2,3)4;1-3-5-6(10)7(11)8(4-9,12-2)13-5;1-3-7(4-9)13-8(5-10,6-11)12-2;1-2/h13,19H,7-12H2,1-6H3,(H,18,20);5-7,9-11H,3-4H2,1-2H3;7,9-11H,3-6H2,1-2H3;1-2H3/t13-,17+;5-,6-,7-,8-;7-;/m111./s1. The average Bonchev–Trinajstić information content (AvgIpc) is 3.40. The van der Waals surface area contributed by atoms with Gasteiger partial charge in [-0.25, -0.2) is 0 Å². The molecule has 0 aromatic rings. The molecule has 0 saturated carbocycles. The van der Waals surface area contributed by atoms with Crippen LogP contribution in [0, 0.1) is 0 Å². The van der Waals surface area contributed by atoms with Crippen molar-refractivity contribution in [1.82, 2.24) is 5.32 Å². The maximum atomic E-state index is 11.7. The molecule has 0 aromatic carbocycles. The van der Waals surface area contributed by atoms with E-state index in [-0.39, 0.29) is 56.2 Å². The van der Waals surface area contributed by atoms with E-state index in [0.717, 1.165) is 0 Å². The molecule has 0 aliphatic carbocycles. The minimum Gasteiger partial charge on any atom is -0.463 e. The molecule has 1 rings (SSSR count). The topological polar surface area (TPSA) is 252 Å². The molecule has 1 saturated heterocycles. The predicted molar refractivity (Wildman–Crippen MR) is 192 cm³/mol. The van der Waals surface area contributed by atoms with E-state index in [9.17, 15) is 24.9 Å².